The normalized spacial score (nSPS) is 18.4. The van der Waals surface area contributed by atoms with Crippen LogP contribution in [0, 0.1) is 5.92 Å². The van der Waals surface area contributed by atoms with E-state index in [0.717, 1.165) is 40.5 Å². The number of benzene rings is 3. The standard InChI is InChI=1S/C33H39N3O4S/c1-33(2,3)34-32(38)36-18-17-27-26(24-11-8-12-25(19-24)35-41(4,39)40)15-13-23(30(27)21-36)14-16-31(37)29-20-28(29)22-9-6-5-7-10-22/h5-13,15,19,28-29,35H,14,16-18,20-21H2,1-4H3,(H,34,38)/t28-,29?/m0/s1. The number of aryl methyl sites for hydroxylation is 1. The molecule has 1 unspecified atom stereocenters. The highest BCUT2D eigenvalue weighted by Gasteiger charge is 2.43. The molecule has 1 saturated carbocycles. The second-order valence-electron chi connectivity index (χ2n) is 12.4. The summed E-state index contributed by atoms with van der Waals surface area (Å²) in [6, 6.07) is 21.7. The van der Waals surface area contributed by atoms with E-state index in [-0.39, 0.29) is 17.5 Å². The Morgan fingerprint density at radius 3 is 2.44 bits per heavy atom. The Bertz CT molecular complexity index is 1560. The predicted octanol–water partition coefficient (Wildman–Crippen LogP) is 5.90. The molecule has 216 valence electrons. The first kappa shape index (κ1) is 28.9. The zero-order chi connectivity index (χ0) is 29.4. The molecule has 8 heteroatoms. The largest absolute Gasteiger partial charge is 0.333 e. The third-order valence-electron chi connectivity index (χ3n) is 7.83. The fourth-order valence-corrected chi connectivity index (χ4v) is 6.40. The summed E-state index contributed by atoms with van der Waals surface area (Å²) in [5.74, 6) is 0.713. The van der Waals surface area contributed by atoms with Gasteiger partial charge in [-0.05, 0) is 91.5 Å². The minimum Gasteiger partial charge on any atom is -0.333 e. The molecule has 0 bridgehead atoms. The topological polar surface area (TPSA) is 95.6 Å². The maximum absolute atomic E-state index is 13.2. The van der Waals surface area contributed by atoms with E-state index in [2.05, 4.69) is 34.3 Å². The molecule has 0 saturated heterocycles. The van der Waals surface area contributed by atoms with Crippen molar-refractivity contribution in [1.82, 2.24) is 10.2 Å². The lowest BCUT2D eigenvalue weighted by atomic mass is 9.86. The van der Waals surface area contributed by atoms with Crippen LogP contribution in [-0.2, 0) is 34.2 Å². The number of Topliss-reactive ketones (excluding diaryl/α,β-unsaturated/α-hetero) is 1. The van der Waals surface area contributed by atoms with Crippen LogP contribution in [0.15, 0.2) is 66.7 Å². The number of hydrogen-bond donors (Lipinski definition) is 2. The lowest BCUT2D eigenvalue weighted by Gasteiger charge is -2.34. The van der Waals surface area contributed by atoms with Gasteiger partial charge in [-0.15, -0.1) is 0 Å². The average molecular weight is 574 g/mol. The summed E-state index contributed by atoms with van der Waals surface area (Å²) in [7, 11) is -3.40. The van der Waals surface area contributed by atoms with E-state index < -0.39 is 10.0 Å². The van der Waals surface area contributed by atoms with Crippen molar-refractivity contribution in [1.29, 1.82) is 0 Å². The molecule has 1 heterocycles. The number of carbonyl (C=O) groups is 2. The van der Waals surface area contributed by atoms with Gasteiger partial charge in [0.2, 0.25) is 10.0 Å². The van der Waals surface area contributed by atoms with E-state index in [1.165, 1.54) is 5.56 Å². The van der Waals surface area contributed by atoms with Gasteiger partial charge in [0.05, 0.1) is 6.26 Å². The van der Waals surface area contributed by atoms with Gasteiger partial charge in [0.15, 0.2) is 0 Å². The molecule has 2 amide bonds. The van der Waals surface area contributed by atoms with E-state index in [9.17, 15) is 18.0 Å². The Morgan fingerprint density at radius 1 is 0.976 bits per heavy atom. The third-order valence-corrected chi connectivity index (χ3v) is 8.43. The first-order valence-corrected chi connectivity index (χ1v) is 16.1. The van der Waals surface area contributed by atoms with Gasteiger partial charge in [-0.2, -0.15) is 0 Å². The summed E-state index contributed by atoms with van der Waals surface area (Å²) >= 11 is 0. The first-order valence-electron chi connectivity index (χ1n) is 14.2. The Balaban J connectivity index is 1.41. The van der Waals surface area contributed by atoms with Gasteiger partial charge in [-0.1, -0.05) is 54.6 Å². The molecular formula is C33H39N3O4S. The molecule has 2 atom stereocenters. The van der Waals surface area contributed by atoms with Crippen LogP contribution in [0.2, 0.25) is 0 Å². The van der Waals surface area contributed by atoms with Crippen LogP contribution < -0.4 is 10.0 Å². The summed E-state index contributed by atoms with van der Waals surface area (Å²) in [6.45, 7) is 6.94. The Hall–Kier alpha value is -3.65. The molecule has 0 spiro atoms. The molecule has 1 aliphatic heterocycles. The van der Waals surface area contributed by atoms with Crippen molar-refractivity contribution >= 4 is 27.5 Å². The predicted molar refractivity (Wildman–Crippen MR) is 163 cm³/mol. The number of nitrogens with zero attached hydrogens (tertiary/aromatic N) is 1. The number of urea groups is 1. The average Bonchev–Trinajstić information content (AvgIpc) is 3.71. The summed E-state index contributed by atoms with van der Waals surface area (Å²) in [5, 5.41) is 3.08. The van der Waals surface area contributed by atoms with Gasteiger partial charge in [0.25, 0.3) is 0 Å². The molecule has 3 aromatic carbocycles. The van der Waals surface area contributed by atoms with Crippen molar-refractivity contribution in [2.75, 3.05) is 17.5 Å². The zero-order valence-electron chi connectivity index (χ0n) is 24.2. The fourth-order valence-electron chi connectivity index (χ4n) is 5.85. The number of fused-ring (bicyclic) bond motifs is 1. The SMILES string of the molecule is CC(C)(C)NC(=O)N1CCc2c(-c3cccc(NS(C)(=O)=O)c3)ccc(CCC(=O)C3C[C@H]3c3ccccc3)c2C1. The second kappa shape index (κ2) is 11.3. The van der Waals surface area contributed by atoms with Crippen molar-refractivity contribution in [3.8, 4) is 11.1 Å². The van der Waals surface area contributed by atoms with Crippen LogP contribution in [-0.4, -0.2) is 43.5 Å². The molecule has 1 aliphatic carbocycles. The molecule has 7 nitrogen and oxygen atoms in total. The van der Waals surface area contributed by atoms with Crippen molar-refractivity contribution in [3.63, 3.8) is 0 Å². The lowest BCUT2D eigenvalue weighted by Crippen LogP contribution is -2.50. The smallest absolute Gasteiger partial charge is 0.318 e. The van der Waals surface area contributed by atoms with E-state index in [0.29, 0.717) is 49.7 Å². The maximum Gasteiger partial charge on any atom is 0.318 e. The molecule has 0 radical (unpaired) electrons. The number of hydrogen-bond acceptors (Lipinski definition) is 4. The maximum atomic E-state index is 13.2. The molecular weight excluding hydrogens is 534 g/mol. The molecule has 2 N–H and O–H groups in total. The van der Waals surface area contributed by atoms with E-state index in [1.54, 1.807) is 6.07 Å². The second-order valence-corrected chi connectivity index (χ2v) is 14.1. The van der Waals surface area contributed by atoms with Crippen LogP contribution in [0.1, 0.15) is 61.8 Å². The zero-order valence-corrected chi connectivity index (χ0v) is 25.1. The van der Waals surface area contributed by atoms with Crippen molar-refractivity contribution in [2.45, 2.75) is 64.5 Å². The van der Waals surface area contributed by atoms with Crippen LogP contribution >= 0.6 is 0 Å². The van der Waals surface area contributed by atoms with Crippen molar-refractivity contribution in [3.05, 3.63) is 89.0 Å². The summed E-state index contributed by atoms with van der Waals surface area (Å²) in [6.07, 6.45) is 3.83. The Morgan fingerprint density at radius 2 is 1.73 bits per heavy atom. The van der Waals surface area contributed by atoms with Gasteiger partial charge in [0, 0.05) is 36.7 Å². The molecule has 2 aliphatic rings. The molecule has 5 rings (SSSR count). The lowest BCUT2D eigenvalue weighted by molar-refractivity contribution is -0.120. The summed E-state index contributed by atoms with van der Waals surface area (Å²) in [4.78, 5) is 28.1. The van der Waals surface area contributed by atoms with Crippen molar-refractivity contribution < 1.29 is 18.0 Å². The highest BCUT2D eigenvalue weighted by atomic mass is 32.2. The quantitative estimate of drug-likeness (QED) is 0.351. The van der Waals surface area contributed by atoms with Gasteiger partial charge in [-0.3, -0.25) is 9.52 Å². The molecule has 3 aromatic rings. The van der Waals surface area contributed by atoms with Gasteiger partial charge in [-0.25, -0.2) is 13.2 Å². The van der Waals surface area contributed by atoms with Gasteiger partial charge in [0.1, 0.15) is 5.78 Å². The number of rotatable bonds is 8. The Kier molecular flexibility index (Phi) is 7.97. The van der Waals surface area contributed by atoms with E-state index in [1.807, 2.05) is 62.1 Å². The van der Waals surface area contributed by atoms with Crippen molar-refractivity contribution in [2.24, 2.45) is 5.92 Å². The monoisotopic (exact) mass is 573 g/mol. The molecule has 41 heavy (non-hydrogen) atoms. The first-order chi connectivity index (χ1) is 19.4. The number of ketones is 1. The number of carbonyl (C=O) groups excluding carboxylic acids is 2. The fraction of sp³-hybridized carbons (Fsp3) is 0.394. The minimum absolute atomic E-state index is 0.0895. The highest BCUT2D eigenvalue weighted by Crippen LogP contribution is 2.48. The van der Waals surface area contributed by atoms with Crippen LogP contribution in [0.25, 0.3) is 11.1 Å². The number of anilines is 1. The third kappa shape index (κ3) is 7.17. The van der Waals surface area contributed by atoms with Crippen LogP contribution in [0.5, 0.6) is 0 Å². The number of amides is 2. The highest BCUT2D eigenvalue weighted by molar-refractivity contribution is 7.92. The van der Waals surface area contributed by atoms with E-state index in [4.69, 9.17) is 0 Å². The number of sulfonamides is 1. The van der Waals surface area contributed by atoms with E-state index >= 15 is 0 Å². The minimum atomic E-state index is -3.40. The summed E-state index contributed by atoms with van der Waals surface area (Å²) < 4.78 is 26.2. The molecule has 0 aromatic heterocycles. The Labute approximate surface area is 243 Å². The molecule has 1 fully saturated rings. The van der Waals surface area contributed by atoms with Gasteiger partial charge < -0.3 is 10.2 Å². The summed E-state index contributed by atoms with van der Waals surface area (Å²) in [5.41, 5.74) is 6.66. The number of nitrogens with one attached hydrogen (secondary N) is 2. The van der Waals surface area contributed by atoms with Crippen LogP contribution in [0.4, 0.5) is 10.5 Å². The van der Waals surface area contributed by atoms with Gasteiger partial charge >= 0.3 is 6.03 Å². The van der Waals surface area contributed by atoms with Crippen LogP contribution in [0.3, 0.4) is 0 Å².